The van der Waals surface area contributed by atoms with Crippen LogP contribution < -0.4 is 14.2 Å². The van der Waals surface area contributed by atoms with Gasteiger partial charge in [-0.3, -0.25) is 4.79 Å². The molecule has 0 bridgehead atoms. The second-order valence-electron chi connectivity index (χ2n) is 5.15. The third-order valence-electron chi connectivity index (χ3n) is 3.35. The van der Waals surface area contributed by atoms with Gasteiger partial charge in [0.2, 0.25) is 0 Å². The number of hydrogen-bond acceptors (Lipinski definition) is 4. The first kappa shape index (κ1) is 19.2. The summed E-state index contributed by atoms with van der Waals surface area (Å²) in [6, 6.07) is 10.3. The third-order valence-corrected chi connectivity index (χ3v) is 3.89. The fourth-order valence-electron chi connectivity index (χ4n) is 2.13. The molecule has 0 aromatic heterocycles. The summed E-state index contributed by atoms with van der Waals surface area (Å²) < 4.78 is 16.5. The quantitative estimate of drug-likeness (QED) is 0.645. The molecular weight excluding hydrogens is 367 g/mol. The minimum absolute atomic E-state index is 0.0671. The number of carboxylic acids is 1. The van der Waals surface area contributed by atoms with E-state index in [1.165, 1.54) is 7.11 Å². The molecule has 0 saturated heterocycles. The number of aryl methyl sites for hydroxylation is 1. The van der Waals surface area contributed by atoms with Crippen LogP contribution in [0.1, 0.15) is 12.0 Å². The molecule has 0 amide bonds. The number of hydrogen-bond donors (Lipinski definition) is 1. The normalized spacial score (nSPS) is 10.4. The average Bonchev–Trinajstić information content (AvgIpc) is 2.60. The zero-order valence-corrected chi connectivity index (χ0v) is 15.1. The van der Waals surface area contributed by atoms with E-state index in [0.717, 1.165) is 5.56 Å². The van der Waals surface area contributed by atoms with Crippen molar-refractivity contribution in [1.29, 1.82) is 0 Å². The van der Waals surface area contributed by atoms with Crippen LogP contribution in [-0.2, 0) is 11.2 Å². The standard InChI is InChI=1S/C18H18Cl2O5/c1-23-17-10-12(3-7-18(21)22)2-6-15(17)24-8-9-25-16-11-13(19)4-5-14(16)20/h2,4-6,10-11H,3,7-9H2,1H3,(H,21,22). The van der Waals surface area contributed by atoms with Gasteiger partial charge in [0.05, 0.1) is 12.1 Å². The Bertz CT molecular complexity index is 733. The van der Waals surface area contributed by atoms with Crippen molar-refractivity contribution < 1.29 is 24.1 Å². The van der Waals surface area contributed by atoms with Crippen LogP contribution in [0.15, 0.2) is 36.4 Å². The van der Waals surface area contributed by atoms with Gasteiger partial charge in [0.25, 0.3) is 0 Å². The zero-order chi connectivity index (χ0) is 18.2. The lowest BCUT2D eigenvalue weighted by Gasteiger charge is -2.13. The predicted octanol–water partition coefficient (Wildman–Crippen LogP) is 4.48. The molecule has 0 radical (unpaired) electrons. The van der Waals surface area contributed by atoms with Crippen LogP contribution in [0, 0.1) is 0 Å². The van der Waals surface area contributed by atoms with Gasteiger partial charge in [0, 0.05) is 17.5 Å². The zero-order valence-electron chi connectivity index (χ0n) is 13.6. The first-order chi connectivity index (χ1) is 12.0. The highest BCUT2D eigenvalue weighted by Gasteiger charge is 2.08. The minimum atomic E-state index is -0.837. The summed E-state index contributed by atoms with van der Waals surface area (Å²) in [4.78, 5) is 10.6. The summed E-state index contributed by atoms with van der Waals surface area (Å²) in [6.07, 6.45) is 0.500. The summed E-state index contributed by atoms with van der Waals surface area (Å²) >= 11 is 11.9. The van der Waals surface area contributed by atoms with E-state index >= 15 is 0 Å². The molecule has 0 aliphatic rings. The Hall–Kier alpha value is -2.11. The molecule has 0 aliphatic carbocycles. The molecule has 2 rings (SSSR count). The highest BCUT2D eigenvalue weighted by Crippen LogP contribution is 2.29. The van der Waals surface area contributed by atoms with Crippen LogP contribution in [0.2, 0.25) is 10.0 Å². The molecule has 1 N–H and O–H groups in total. The van der Waals surface area contributed by atoms with Gasteiger partial charge in [-0.2, -0.15) is 0 Å². The molecule has 134 valence electrons. The number of benzene rings is 2. The monoisotopic (exact) mass is 384 g/mol. The van der Waals surface area contributed by atoms with Crippen LogP contribution in [-0.4, -0.2) is 31.4 Å². The Labute approximate surface area is 156 Å². The molecule has 25 heavy (non-hydrogen) atoms. The maximum atomic E-state index is 10.6. The summed E-state index contributed by atoms with van der Waals surface area (Å²) in [5, 5.41) is 9.76. The van der Waals surface area contributed by atoms with Crippen molar-refractivity contribution in [3.05, 3.63) is 52.0 Å². The highest BCUT2D eigenvalue weighted by atomic mass is 35.5. The van der Waals surface area contributed by atoms with Gasteiger partial charge < -0.3 is 19.3 Å². The van der Waals surface area contributed by atoms with Crippen molar-refractivity contribution in [3.63, 3.8) is 0 Å². The van der Waals surface area contributed by atoms with Gasteiger partial charge in [-0.15, -0.1) is 0 Å². The molecule has 0 heterocycles. The SMILES string of the molecule is COc1cc(CCC(=O)O)ccc1OCCOc1cc(Cl)ccc1Cl. The highest BCUT2D eigenvalue weighted by molar-refractivity contribution is 6.34. The number of carboxylic acid groups (broad SMARTS) is 1. The smallest absolute Gasteiger partial charge is 0.303 e. The number of rotatable bonds is 9. The molecule has 7 heteroatoms. The Morgan fingerprint density at radius 3 is 2.40 bits per heavy atom. The molecule has 0 atom stereocenters. The van der Waals surface area contributed by atoms with Gasteiger partial charge >= 0.3 is 5.97 Å². The number of halogens is 2. The first-order valence-corrected chi connectivity index (χ1v) is 8.34. The Balaban J connectivity index is 1.89. The van der Waals surface area contributed by atoms with Crippen LogP contribution in [0.3, 0.4) is 0 Å². The molecule has 5 nitrogen and oxygen atoms in total. The molecule has 0 fully saturated rings. The maximum Gasteiger partial charge on any atom is 0.303 e. The van der Waals surface area contributed by atoms with Gasteiger partial charge in [-0.25, -0.2) is 0 Å². The van der Waals surface area contributed by atoms with E-state index in [2.05, 4.69) is 0 Å². The van der Waals surface area contributed by atoms with Crippen molar-refractivity contribution in [2.75, 3.05) is 20.3 Å². The molecule has 0 saturated carbocycles. The van der Waals surface area contributed by atoms with E-state index in [0.29, 0.717) is 33.7 Å². The van der Waals surface area contributed by atoms with E-state index in [1.807, 2.05) is 6.07 Å². The van der Waals surface area contributed by atoms with Crippen LogP contribution >= 0.6 is 23.2 Å². The number of aliphatic carboxylic acids is 1. The second kappa shape index (κ2) is 9.39. The number of methoxy groups -OCH3 is 1. The van der Waals surface area contributed by atoms with Crippen LogP contribution in [0.25, 0.3) is 0 Å². The van der Waals surface area contributed by atoms with Crippen molar-refractivity contribution >= 4 is 29.2 Å². The van der Waals surface area contributed by atoms with E-state index in [-0.39, 0.29) is 19.6 Å². The van der Waals surface area contributed by atoms with E-state index < -0.39 is 5.97 Å². The lowest BCUT2D eigenvalue weighted by atomic mass is 10.1. The molecule has 2 aromatic carbocycles. The molecular formula is C18H18Cl2O5. The van der Waals surface area contributed by atoms with Gasteiger partial charge in [0.15, 0.2) is 11.5 Å². The Morgan fingerprint density at radius 2 is 1.72 bits per heavy atom. The predicted molar refractivity (Wildman–Crippen MR) is 96.4 cm³/mol. The molecule has 0 unspecified atom stereocenters. The first-order valence-electron chi connectivity index (χ1n) is 7.59. The molecule has 0 spiro atoms. The molecule has 2 aromatic rings. The van der Waals surface area contributed by atoms with Gasteiger partial charge in [-0.05, 0) is 36.2 Å². The lowest BCUT2D eigenvalue weighted by molar-refractivity contribution is -0.136. The summed E-state index contributed by atoms with van der Waals surface area (Å²) in [5.74, 6) is 0.760. The largest absolute Gasteiger partial charge is 0.493 e. The van der Waals surface area contributed by atoms with Gasteiger partial charge in [-0.1, -0.05) is 29.3 Å². The second-order valence-corrected chi connectivity index (χ2v) is 5.99. The minimum Gasteiger partial charge on any atom is -0.493 e. The summed E-state index contributed by atoms with van der Waals surface area (Å²) in [6.45, 7) is 0.567. The Morgan fingerprint density at radius 1 is 1.00 bits per heavy atom. The van der Waals surface area contributed by atoms with Crippen molar-refractivity contribution in [2.45, 2.75) is 12.8 Å². The van der Waals surface area contributed by atoms with E-state index in [1.54, 1.807) is 30.3 Å². The van der Waals surface area contributed by atoms with E-state index in [4.69, 9.17) is 42.5 Å². The Kier molecular flexibility index (Phi) is 7.22. The topological polar surface area (TPSA) is 65.0 Å². The average molecular weight is 385 g/mol. The van der Waals surface area contributed by atoms with Crippen LogP contribution in [0.5, 0.6) is 17.2 Å². The van der Waals surface area contributed by atoms with Crippen molar-refractivity contribution in [2.24, 2.45) is 0 Å². The fraction of sp³-hybridized carbons (Fsp3) is 0.278. The fourth-order valence-corrected chi connectivity index (χ4v) is 2.46. The summed E-state index contributed by atoms with van der Waals surface area (Å²) in [7, 11) is 1.53. The van der Waals surface area contributed by atoms with Crippen molar-refractivity contribution in [1.82, 2.24) is 0 Å². The van der Waals surface area contributed by atoms with Gasteiger partial charge in [0.1, 0.15) is 19.0 Å². The molecule has 0 aliphatic heterocycles. The number of ether oxygens (including phenoxy) is 3. The summed E-state index contributed by atoms with van der Waals surface area (Å²) in [5.41, 5.74) is 0.869. The maximum absolute atomic E-state index is 10.6. The van der Waals surface area contributed by atoms with Crippen LogP contribution in [0.4, 0.5) is 0 Å². The number of carbonyl (C=O) groups is 1. The van der Waals surface area contributed by atoms with E-state index in [9.17, 15) is 4.79 Å². The lowest BCUT2D eigenvalue weighted by Crippen LogP contribution is -2.10. The van der Waals surface area contributed by atoms with Crippen molar-refractivity contribution in [3.8, 4) is 17.2 Å². The third kappa shape index (κ3) is 6.03.